The molecule has 0 bridgehead atoms. The zero-order chi connectivity index (χ0) is 22.3. The molecule has 1 aliphatic rings. The lowest BCUT2D eigenvalue weighted by Crippen LogP contribution is -2.55. The van der Waals surface area contributed by atoms with Crippen LogP contribution in [0, 0.1) is 0 Å². The van der Waals surface area contributed by atoms with Crippen molar-refractivity contribution in [3.8, 4) is 5.75 Å². The van der Waals surface area contributed by atoms with E-state index < -0.39 is 11.6 Å². The average Bonchev–Trinajstić information content (AvgIpc) is 2.65. The number of hydrogen-bond acceptors (Lipinski definition) is 6. The minimum Gasteiger partial charge on any atom is -0.492 e. The molecule has 0 aliphatic carbocycles. The number of carboxylic acids is 1. The summed E-state index contributed by atoms with van der Waals surface area (Å²) in [6.07, 6.45) is -0.455. The van der Waals surface area contributed by atoms with Gasteiger partial charge in [0.2, 0.25) is 0 Å². The number of amides is 1. The zero-order valence-electron chi connectivity index (χ0n) is 18.2. The van der Waals surface area contributed by atoms with Crippen molar-refractivity contribution in [2.75, 3.05) is 32.8 Å². The molecule has 30 heavy (non-hydrogen) atoms. The molecule has 1 heterocycles. The largest absolute Gasteiger partial charge is 0.492 e. The van der Waals surface area contributed by atoms with Crippen molar-refractivity contribution in [1.82, 2.24) is 9.80 Å². The van der Waals surface area contributed by atoms with E-state index in [1.165, 1.54) is 0 Å². The van der Waals surface area contributed by atoms with E-state index in [-0.39, 0.29) is 30.8 Å². The number of ketones is 1. The van der Waals surface area contributed by atoms with Gasteiger partial charge in [-0.1, -0.05) is 0 Å². The Morgan fingerprint density at radius 2 is 1.77 bits per heavy atom. The number of hydrogen-bond donors (Lipinski definition) is 1. The lowest BCUT2D eigenvalue weighted by Gasteiger charge is -2.40. The molecule has 0 spiro atoms. The van der Waals surface area contributed by atoms with Crippen molar-refractivity contribution in [1.29, 1.82) is 0 Å². The first kappa shape index (κ1) is 23.7. The van der Waals surface area contributed by atoms with Crippen LogP contribution in [0.15, 0.2) is 24.3 Å². The molecule has 0 radical (unpaired) electrons. The molecule has 8 nitrogen and oxygen atoms in total. The fourth-order valence-corrected chi connectivity index (χ4v) is 3.22. The Hall–Kier alpha value is -2.61. The third-order valence-electron chi connectivity index (χ3n) is 4.76. The standard InChI is InChI=1S/C22H32N2O6/c1-16-15-23(11-12-24(16)21(28)30-22(2,3)4)13-14-29-18-7-5-17(6-8-18)19(25)9-10-20(26)27/h5-8,16H,9-15H2,1-4H3,(H,26,27)/t16-/m0/s1. The van der Waals surface area contributed by atoms with Crippen molar-refractivity contribution in [3.05, 3.63) is 29.8 Å². The van der Waals surface area contributed by atoms with Gasteiger partial charge in [0.05, 0.1) is 6.42 Å². The van der Waals surface area contributed by atoms with E-state index in [0.717, 1.165) is 19.6 Å². The first-order valence-electron chi connectivity index (χ1n) is 10.2. The smallest absolute Gasteiger partial charge is 0.410 e. The van der Waals surface area contributed by atoms with Gasteiger partial charge in [0.15, 0.2) is 5.78 Å². The van der Waals surface area contributed by atoms with Crippen LogP contribution in [0.2, 0.25) is 0 Å². The van der Waals surface area contributed by atoms with Gasteiger partial charge in [0.1, 0.15) is 18.0 Å². The molecular formula is C22H32N2O6. The molecule has 1 aromatic carbocycles. The molecule has 2 rings (SSSR count). The second kappa shape index (κ2) is 10.4. The van der Waals surface area contributed by atoms with E-state index in [9.17, 15) is 14.4 Å². The fraction of sp³-hybridized carbons (Fsp3) is 0.591. The Morgan fingerprint density at radius 3 is 2.33 bits per heavy atom. The van der Waals surface area contributed by atoms with Gasteiger partial charge in [-0.2, -0.15) is 0 Å². The number of benzene rings is 1. The summed E-state index contributed by atoms with van der Waals surface area (Å²) in [6, 6.07) is 6.81. The van der Waals surface area contributed by atoms with Crippen LogP contribution in [0.5, 0.6) is 5.75 Å². The second-order valence-electron chi connectivity index (χ2n) is 8.51. The molecular weight excluding hydrogens is 388 g/mol. The molecule has 1 fully saturated rings. The third kappa shape index (κ3) is 7.67. The van der Waals surface area contributed by atoms with Gasteiger partial charge in [0.25, 0.3) is 0 Å². The van der Waals surface area contributed by atoms with E-state index in [1.54, 1.807) is 29.2 Å². The summed E-state index contributed by atoms with van der Waals surface area (Å²) in [6.45, 7) is 10.9. The quantitative estimate of drug-likeness (QED) is 0.646. The van der Waals surface area contributed by atoms with Gasteiger partial charge >= 0.3 is 12.1 Å². The Labute approximate surface area is 177 Å². The minimum absolute atomic E-state index is 0.0109. The molecule has 1 atom stereocenters. The molecule has 1 N–H and O–H groups in total. The van der Waals surface area contributed by atoms with E-state index >= 15 is 0 Å². The molecule has 0 unspecified atom stereocenters. The number of carboxylic acid groups (broad SMARTS) is 1. The van der Waals surface area contributed by atoms with Crippen molar-refractivity contribution < 1.29 is 29.0 Å². The Kier molecular flexibility index (Phi) is 8.23. The minimum atomic E-state index is -0.982. The van der Waals surface area contributed by atoms with Gasteiger partial charge < -0.3 is 19.5 Å². The molecule has 0 saturated carbocycles. The highest BCUT2D eigenvalue weighted by Crippen LogP contribution is 2.17. The number of piperazine rings is 1. The Balaban J connectivity index is 1.74. The third-order valence-corrected chi connectivity index (χ3v) is 4.76. The first-order valence-corrected chi connectivity index (χ1v) is 10.2. The maximum atomic E-state index is 12.3. The van der Waals surface area contributed by atoms with Crippen LogP contribution >= 0.6 is 0 Å². The van der Waals surface area contributed by atoms with Gasteiger partial charge in [-0.3, -0.25) is 14.5 Å². The number of ether oxygens (including phenoxy) is 2. The zero-order valence-corrected chi connectivity index (χ0v) is 18.2. The van der Waals surface area contributed by atoms with Crippen molar-refractivity contribution >= 4 is 17.8 Å². The summed E-state index contributed by atoms with van der Waals surface area (Å²) >= 11 is 0. The van der Waals surface area contributed by atoms with Crippen molar-refractivity contribution in [2.45, 2.75) is 52.2 Å². The van der Waals surface area contributed by atoms with E-state index in [2.05, 4.69) is 4.90 Å². The first-order chi connectivity index (χ1) is 14.0. The summed E-state index contributed by atoms with van der Waals surface area (Å²) in [5, 5.41) is 8.66. The SMILES string of the molecule is C[C@H]1CN(CCOc2ccc(C(=O)CCC(=O)O)cc2)CCN1C(=O)OC(C)(C)C. The van der Waals surface area contributed by atoms with Crippen LogP contribution in [-0.4, -0.2) is 77.2 Å². The Morgan fingerprint density at radius 1 is 1.10 bits per heavy atom. The summed E-state index contributed by atoms with van der Waals surface area (Å²) in [4.78, 5) is 38.8. The maximum Gasteiger partial charge on any atom is 0.410 e. The average molecular weight is 421 g/mol. The lowest BCUT2D eigenvalue weighted by atomic mass is 10.1. The molecule has 1 saturated heterocycles. The highest BCUT2D eigenvalue weighted by molar-refractivity contribution is 5.97. The van der Waals surface area contributed by atoms with Crippen molar-refractivity contribution in [2.24, 2.45) is 0 Å². The van der Waals surface area contributed by atoms with Crippen LogP contribution in [-0.2, 0) is 9.53 Å². The molecule has 1 aliphatic heterocycles. The van der Waals surface area contributed by atoms with Crippen LogP contribution < -0.4 is 4.74 Å². The fourth-order valence-electron chi connectivity index (χ4n) is 3.22. The summed E-state index contributed by atoms with van der Waals surface area (Å²) in [5.41, 5.74) is -0.0197. The number of carbonyl (C=O) groups is 3. The molecule has 166 valence electrons. The molecule has 0 aromatic heterocycles. The maximum absolute atomic E-state index is 12.3. The van der Waals surface area contributed by atoms with Gasteiger partial charge in [0, 0.05) is 44.2 Å². The second-order valence-corrected chi connectivity index (χ2v) is 8.51. The number of nitrogens with zero attached hydrogens (tertiary/aromatic N) is 2. The Bertz CT molecular complexity index is 741. The van der Waals surface area contributed by atoms with Gasteiger partial charge in [-0.25, -0.2) is 4.79 Å². The van der Waals surface area contributed by atoms with E-state index in [0.29, 0.717) is 24.5 Å². The topological polar surface area (TPSA) is 96.4 Å². The summed E-state index contributed by atoms with van der Waals surface area (Å²) < 4.78 is 11.2. The predicted octanol–water partition coefficient (Wildman–Crippen LogP) is 3.05. The number of Topliss-reactive ketones (excluding diaryl/α,β-unsaturated/α-hetero) is 1. The van der Waals surface area contributed by atoms with Crippen LogP contribution in [0.4, 0.5) is 4.79 Å². The molecule has 8 heteroatoms. The number of rotatable bonds is 8. The van der Waals surface area contributed by atoms with Crippen LogP contribution in [0.3, 0.4) is 0 Å². The van der Waals surface area contributed by atoms with E-state index in [1.807, 2.05) is 27.7 Å². The number of aliphatic carboxylic acids is 1. The molecule has 1 amide bonds. The highest BCUT2D eigenvalue weighted by Gasteiger charge is 2.30. The van der Waals surface area contributed by atoms with Gasteiger partial charge in [-0.05, 0) is 52.0 Å². The van der Waals surface area contributed by atoms with E-state index in [4.69, 9.17) is 14.6 Å². The van der Waals surface area contributed by atoms with Gasteiger partial charge in [-0.15, -0.1) is 0 Å². The highest BCUT2D eigenvalue weighted by atomic mass is 16.6. The molecule has 1 aromatic rings. The van der Waals surface area contributed by atoms with Crippen LogP contribution in [0.1, 0.15) is 50.9 Å². The van der Waals surface area contributed by atoms with Crippen LogP contribution in [0.25, 0.3) is 0 Å². The van der Waals surface area contributed by atoms with Crippen molar-refractivity contribution in [3.63, 3.8) is 0 Å². The lowest BCUT2D eigenvalue weighted by molar-refractivity contribution is -0.136. The predicted molar refractivity (Wildman–Crippen MR) is 112 cm³/mol. The number of carbonyl (C=O) groups excluding carboxylic acids is 2. The monoisotopic (exact) mass is 420 g/mol. The summed E-state index contributed by atoms with van der Waals surface area (Å²) in [5.74, 6) is -0.518. The summed E-state index contributed by atoms with van der Waals surface area (Å²) in [7, 11) is 0. The normalized spacial score (nSPS) is 17.5.